The first-order valence-electron chi connectivity index (χ1n) is 12.5. The van der Waals surface area contributed by atoms with Crippen molar-refractivity contribution >= 4 is 29.1 Å². The summed E-state index contributed by atoms with van der Waals surface area (Å²) in [7, 11) is 3.89. The topological polar surface area (TPSA) is 123 Å². The van der Waals surface area contributed by atoms with Crippen LogP contribution in [-0.2, 0) is 9.53 Å². The molecule has 38 heavy (non-hydrogen) atoms. The van der Waals surface area contributed by atoms with Gasteiger partial charge < -0.3 is 30.8 Å². The largest absolute Gasteiger partial charge is 0.490 e. The molecule has 0 unspecified atom stereocenters. The van der Waals surface area contributed by atoms with Crippen molar-refractivity contribution in [2.24, 2.45) is 0 Å². The SMILES string of the molecule is C/C=C\C=C/COc1ccc(N/C(=C(/C)N(C)C)c2c(C)c(NC(=O)OCCNC(=O)CC)cn2N)cc1. The highest BCUT2D eigenvalue weighted by atomic mass is 16.5. The van der Waals surface area contributed by atoms with Crippen LogP contribution in [0.15, 0.2) is 60.5 Å². The van der Waals surface area contributed by atoms with E-state index in [1.54, 1.807) is 13.1 Å². The van der Waals surface area contributed by atoms with E-state index in [4.69, 9.17) is 15.3 Å². The third kappa shape index (κ3) is 8.95. The predicted molar refractivity (Wildman–Crippen MR) is 153 cm³/mol. The van der Waals surface area contributed by atoms with E-state index in [0.29, 0.717) is 24.4 Å². The zero-order valence-electron chi connectivity index (χ0n) is 23.1. The molecule has 0 aliphatic carbocycles. The standard InChI is InChI=1S/C28H40N6O4/c1-7-9-10-11-17-37-23-14-12-22(13-15-23)31-26(21(4)33(5)6)27-20(3)24(19-34(27)29)32-28(36)38-18-16-30-25(35)8-2/h7,9-15,19,31H,8,16-18,29H2,1-6H3,(H,30,35)(H,32,36)/b9-7-,11-10-,26-21-. The van der Waals surface area contributed by atoms with Crippen molar-refractivity contribution in [1.29, 1.82) is 0 Å². The molecule has 0 radical (unpaired) electrons. The number of anilines is 2. The first-order valence-corrected chi connectivity index (χ1v) is 12.5. The zero-order chi connectivity index (χ0) is 28.1. The minimum atomic E-state index is -0.630. The number of ether oxygens (including phenoxy) is 2. The highest BCUT2D eigenvalue weighted by molar-refractivity contribution is 5.89. The van der Waals surface area contributed by atoms with Crippen molar-refractivity contribution in [2.75, 3.05) is 50.3 Å². The lowest BCUT2D eigenvalue weighted by Gasteiger charge is -2.22. The summed E-state index contributed by atoms with van der Waals surface area (Å²) in [6.45, 7) is 8.36. The van der Waals surface area contributed by atoms with Gasteiger partial charge in [-0.15, -0.1) is 0 Å². The summed E-state index contributed by atoms with van der Waals surface area (Å²) in [5, 5.41) is 8.86. The third-order valence-corrected chi connectivity index (χ3v) is 5.68. The van der Waals surface area contributed by atoms with Gasteiger partial charge in [0.15, 0.2) is 0 Å². The maximum absolute atomic E-state index is 12.3. The van der Waals surface area contributed by atoms with E-state index >= 15 is 0 Å². The Morgan fingerprint density at radius 3 is 2.47 bits per heavy atom. The predicted octanol–water partition coefficient (Wildman–Crippen LogP) is 4.46. The smallest absolute Gasteiger partial charge is 0.411 e. The Hall–Kier alpha value is -4.34. The molecule has 2 aromatic rings. The normalized spacial score (nSPS) is 11.8. The molecule has 0 aliphatic rings. The molecule has 2 rings (SSSR count). The Morgan fingerprint density at radius 2 is 1.84 bits per heavy atom. The number of aromatic nitrogens is 1. The average Bonchev–Trinajstić information content (AvgIpc) is 3.17. The van der Waals surface area contributed by atoms with E-state index in [-0.39, 0.29) is 19.1 Å². The summed E-state index contributed by atoms with van der Waals surface area (Å²) < 4.78 is 12.4. The minimum Gasteiger partial charge on any atom is -0.490 e. The Kier molecular flexibility index (Phi) is 11.8. The molecule has 0 fully saturated rings. The molecule has 0 saturated heterocycles. The lowest BCUT2D eigenvalue weighted by atomic mass is 10.1. The summed E-state index contributed by atoms with van der Waals surface area (Å²) in [4.78, 5) is 25.6. The fourth-order valence-electron chi connectivity index (χ4n) is 3.38. The van der Waals surface area contributed by atoms with Gasteiger partial charge in [0.2, 0.25) is 5.91 Å². The molecule has 0 bridgehead atoms. The van der Waals surface area contributed by atoms with E-state index in [1.807, 2.05) is 88.3 Å². The Bertz CT molecular complexity index is 1160. The summed E-state index contributed by atoms with van der Waals surface area (Å²) in [5.74, 6) is 7.01. The molecule has 10 nitrogen and oxygen atoms in total. The molecule has 5 N–H and O–H groups in total. The molecule has 0 atom stereocenters. The van der Waals surface area contributed by atoms with Crippen molar-refractivity contribution in [1.82, 2.24) is 14.9 Å². The lowest BCUT2D eigenvalue weighted by molar-refractivity contribution is -0.120. The van der Waals surface area contributed by atoms with Gasteiger partial charge in [0.1, 0.15) is 19.0 Å². The molecule has 206 valence electrons. The van der Waals surface area contributed by atoms with Crippen LogP contribution in [0.25, 0.3) is 5.70 Å². The summed E-state index contributed by atoms with van der Waals surface area (Å²) in [6, 6.07) is 7.66. The van der Waals surface area contributed by atoms with Crippen LogP contribution in [-0.4, -0.2) is 55.4 Å². The van der Waals surface area contributed by atoms with E-state index in [1.165, 1.54) is 4.68 Å². The van der Waals surface area contributed by atoms with Gasteiger partial charge in [-0.1, -0.05) is 25.2 Å². The van der Waals surface area contributed by atoms with Gasteiger partial charge in [-0.05, 0) is 51.1 Å². The molecular weight excluding hydrogens is 484 g/mol. The molecule has 0 aliphatic heterocycles. The van der Waals surface area contributed by atoms with Gasteiger partial charge in [0.25, 0.3) is 0 Å². The van der Waals surface area contributed by atoms with E-state index in [9.17, 15) is 9.59 Å². The molecule has 1 aromatic carbocycles. The second kappa shape index (κ2) is 15.0. The zero-order valence-corrected chi connectivity index (χ0v) is 23.1. The average molecular weight is 525 g/mol. The Morgan fingerprint density at radius 1 is 1.13 bits per heavy atom. The van der Waals surface area contributed by atoms with Crippen molar-refractivity contribution < 1.29 is 19.1 Å². The maximum atomic E-state index is 12.3. The minimum absolute atomic E-state index is 0.0606. The number of hydrogen-bond donors (Lipinski definition) is 4. The van der Waals surface area contributed by atoms with Gasteiger partial charge in [-0.25, -0.2) is 4.79 Å². The van der Waals surface area contributed by atoms with E-state index < -0.39 is 6.09 Å². The fraction of sp³-hybridized carbons (Fsp3) is 0.357. The van der Waals surface area contributed by atoms with Crippen LogP contribution < -0.4 is 26.5 Å². The van der Waals surface area contributed by atoms with Gasteiger partial charge >= 0.3 is 6.09 Å². The first kappa shape index (κ1) is 29.9. The highest BCUT2D eigenvalue weighted by Gasteiger charge is 2.20. The van der Waals surface area contributed by atoms with Crippen LogP contribution in [0.3, 0.4) is 0 Å². The Balaban J connectivity index is 2.17. The summed E-state index contributed by atoms with van der Waals surface area (Å²) in [6.07, 6.45) is 9.17. The monoisotopic (exact) mass is 524 g/mol. The van der Waals surface area contributed by atoms with Crippen molar-refractivity contribution in [3.63, 3.8) is 0 Å². The quantitative estimate of drug-likeness (QED) is 0.173. The van der Waals surface area contributed by atoms with Gasteiger partial charge in [0.05, 0.1) is 29.8 Å². The van der Waals surface area contributed by atoms with Crippen LogP contribution >= 0.6 is 0 Å². The number of nitrogens with one attached hydrogen (secondary N) is 3. The number of nitrogens with two attached hydrogens (primary N) is 1. The molecule has 0 saturated carbocycles. The third-order valence-electron chi connectivity index (χ3n) is 5.68. The van der Waals surface area contributed by atoms with Crippen LogP contribution in [0.1, 0.15) is 38.4 Å². The first-order chi connectivity index (χ1) is 18.2. The number of allylic oxidation sites excluding steroid dienone is 4. The van der Waals surface area contributed by atoms with Gasteiger partial charge in [-0.2, -0.15) is 0 Å². The van der Waals surface area contributed by atoms with Crippen LogP contribution in [0, 0.1) is 6.92 Å². The summed E-state index contributed by atoms with van der Waals surface area (Å²) in [5.41, 5.74) is 4.55. The molecule has 2 amide bonds. The number of hydrogen-bond acceptors (Lipinski definition) is 7. The second-order valence-corrected chi connectivity index (χ2v) is 8.66. The van der Waals surface area contributed by atoms with Crippen molar-refractivity contribution in [3.05, 3.63) is 71.7 Å². The number of nitrogens with zero attached hydrogens (tertiary/aromatic N) is 2. The van der Waals surface area contributed by atoms with Crippen molar-refractivity contribution in [3.8, 4) is 5.75 Å². The lowest BCUT2D eigenvalue weighted by Crippen LogP contribution is -2.28. The molecular formula is C28H40N6O4. The second-order valence-electron chi connectivity index (χ2n) is 8.66. The molecule has 10 heteroatoms. The maximum Gasteiger partial charge on any atom is 0.411 e. The Labute approximate surface area is 225 Å². The number of nitrogen functional groups attached to an aromatic ring is 1. The summed E-state index contributed by atoms with van der Waals surface area (Å²) >= 11 is 0. The number of rotatable bonds is 13. The molecule has 0 spiro atoms. The van der Waals surface area contributed by atoms with Crippen LogP contribution in [0.4, 0.5) is 16.2 Å². The van der Waals surface area contributed by atoms with E-state index in [0.717, 1.165) is 28.4 Å². The van der Waals surface area contributed by atoms with Gasteiger partial charge in [-0.3, -0.25) is 14.8 Å². The number of amides is 2. The van der Waals surface area contributed by atoms with Crippen LogP contribution in [0.5, 0.6) is 5.75 Å². The van der Waals surface area contributed by atoms with Crippen molar-refractivity contribution in [2.45, 2.75) is 34.1 Å². The van der Waals surface area contributed by atoms with Gasteiger partial charge in [0, 0.05) is 37.5 Å². The number of carbonyl (C=O) groups is 2. The fourth-order valence-corrected chi connectivity index (χ4v) is 3.38. The molecule has 1 aromatic heterocycles. The number of carbonyl (C=O) groups excluding carboxylic acids is 2. The number of benzene rings is 1. The van der Waals surface area contributed by atoms with E-state index in [2.05, 4.69) is 16.0 Å². The van der Waals surface area contributed by atoms with Crippen LogP contribution in [0.2, 0.25) is 0 Å². The highest BCUT2D eigenvalue weighted by Crippen LogP contribution is 2.30. The molecule has 1 heterocycles.